The van der Waals surface area contributed by atoms with Gasteiger partial charge >= 0.3 is 0 Å². The molecule has 0 aliphatic rings. The van der Waals surface area contributed by atoms with E-state index in [0.29, 0.717) is 11.8 Å². The van der Waals surface area contributed by atoms with E-state index in [2.05, 4.69) is 36.0 Å². The topological polar surface area (TPSA) is 51.8 Å². The average molecular weight is 283 g/mol. The summed E-state index contributed by atoms with van der Waals surface area (Å²) in [7, 11) is 0. The van der Waals surface area contributed by atoms with Crippen LogP contribution < -0.4 is 0 Å². The van der Waals surface area contributed by atoms with Gasteiger partial charge in [-0.25, -0.2) is 4.98 Å². The van der Waals surface area contributed by atoms with Crippen LogP contribution in [-0.2, 0) is 16.9 Å². The predicted molar refractivity (Wildman–Crippen MR) is 74.8 cm³/mol. The molecular weight excluding hydrogens is 266 g/mol. The van der Waals surface area contributed by atoms with E-state index >= 15 is 0 Å². The number of aromatic nitrogens is 3. The second kappa shape index (κ2) is 5.40. The molecule has 2 aromatic heterocycles. The molecule has 98 valence electrons. The molecule has 0 atom stereocenters. The molecule has 4 nitrogen and oxygen atoms in total. The third-order valence-electron chi connectivity index (χ3n) is 2.25. The number of nitrogens with zero attached hydrogens (tertiary/aromatic N) is 3. The molecule has 0 unspecified atom stereocenters. The number of hydrogen-bond donors (Lipinski definition) is 0. The molecule has 0 radical (unpaired) electrons. The molecule has 0 saturated heterocycles. The molecule has 0 aliphatic carbocycles. The molecule has 2 heterocycles. The van der Waals surface area contributed by atoms with Crippen molar-refractivity contribution < 1.29 is 4.42 Å². The third kappa shape index (κ3) is 3.55. The summed E-state index contributed by atoms with van der Waals surface area (Å²) in [6, 6.07) is 0. The Labute approximate surface area is 115 Å². The van der Waals surface area contributed by atoms with Gasteiger partial charge in [-0.15, -0.1) is 33.3 Å². The van der Waals surface area contributed by atoms with Crippen molar-refractivity contribution >= 4 is 23.1 Å². The SMILES string of the molecule is Cc1ncc(CSCc2nnc(C(C)(C)C)o2)s1. The molecule has 0 fully saturated rings. The zero-order chi connectivity index (χ0) is 13.2. The molecule has 18 heavy (non-hydrogen) atoms. The smallest absolute Gasteiger partial charge is 0.226 e. The lowest BCUT2D eigenvalue weighted by molar-refractivity contribution is 0.378. The molecule has 0 spiro atoms. The Morgan fingerprint density at radius 3 is 2.61 bits per heavy atom. The minimum Gasteiger partial charge on any atom is -0.424 e. The highest BCUT2D eigenvalue weighted by Crippen LogP contribution is 2.24. The fourth-order valence-corrected chi connectivity index (χ4v) is 3.07. The van der Waals surface area contributed by atoms with Crippen LogP contribution >= 0.6 is 23.1 Å². The van der Waals surface area contributed by atoms with E-state index in [1.165, 1.54) is 4.88 Å². The van der Waals surface area contributed by atoms with Gasteiger partial charge in [-0.3, -0.25) is 0 Å². The highest BCUT2D eigenvalue weighted by atomic mass is 32.2. The second-order valence-electron chi connectivity index (χ2n) is 5.09. The lowest BCUT2D eigenvalue weighted by Gasteiger charge is -2.10. The van der Waals surface area contributed by atoms with Crippen molar-refractivity contribution in [1.29, 1.82) is 0 Å². The van der Waals surface area contributed by atoms with Crippen LogP contribution in [0.25, 0.3) is 0 Å². The quantitative estimate of drug-likeness (QED) is 0.858. The number of hydrogen-bond acceptors (Lipinski definition) is 6. The van der Waals surface area contributed by atoms with Gasteiger partial charge in [-0.2, -0.15) is 0 Å². The second-order valence-corrected chi connectivity index (χ2v) is 7.39. The molecule has 2 aromatic rings. The lowest BCUT2D eigenvalue weighted by Crippen LogP contribution is -2.11. The summed E-state index contributed by atoms with van der Waals surface area (Å²) in [5.41, 5.74) is -0.0787. The molecule has 0 aromatic carbocycles. The molecule has 2 rings (SSSR count). The van der Waals surface area contributed by atoms with Crippen LogP contribution in [-0.4, -0.2) is 15.2 Å². The summed E-state index contributed by atoms with van der Waals surface area (Å²) in [5, 5.41) is 9.26. The molecule has 0 N–H and O–H groups in total. The van der Waals surface area contributed by atoms with E-state index < -0.39 is 0 Å². The molecular formula is C12H17N3OS2. The zero-order valence-corrected chi connectivity index (χ0v) is 12.7. The van der Waals surface area contributed by atoms with E-state index in [4.69, 9.17) is 4.42 Å². The minimum atomic E-state index is -0.0787. The maximum absolute atomic E-state index is 5.64. The monoisotopic (exact) mass is 283 g/mol. The Morgan fingerprint density at radius 2 is 2.06 bits per heavy atom. The Kier molecular flexibility index (Phi) is 4.07. The fourth-order valence-electron chi connectivity index (χ4n) is 1.33. The summed E-state index contributed by atoms with van der Waals surface area (Å²) < 4.78 is 5.64. The zero-order valence-electron chi connectivity index (χ0n) is 11.1. The van der Waals surface area contributed by atoms with Crippen LogP contribution in [0.15, 0.2) is 10.6 Å². The number of aryl methyl sites for hydroxylation is 1. The van der Waals surface area contributed by atoms with Gasteiger partial charge in [0.15, 0.2) is 0 Å². The van der Waals surface area contributed by atoms with Crippen LogP contribution in [0.2, 0.25) is 0 Å². The van der Waals surface area contributed by atoms with E-state index in [-0.39, 0.29) is 5.41 Å². The number of rotatable bonds is 4. The van der Waals surface area contributed by atoms with E-state index in [0.717, 1.165) is 16.5 Å². The van der Waals surface area contributed by atoms with Gasteiger partial charge < -0.3 is 4.42 Å². The van der Waals surface area contributed by atoms with Gasteiger partial charge in [0.2, 0.25) is 11.8 Å². The van der Waals surface area contributed by atoms with Crippen LogP contribution in [0.5, 0.6) is 0 Å². The van der Waals surface area contributed by atoms with Crippen molar-refractivity contribution in [2.45, 2.75) is 44.6 Å². The Balaban J connectivity index is 1.85. The fraction of sp³-hybridized carbons (Fsp3) is 0.583. The van der Waals surface area contributed by atoms with Crippen LogP contribution in [0.3, 0.4) is 0 Å². The van der Waals surface area contributed by atoms with Gasteiger partial charge in [0.25, 0.3) is 0 Å². The average Bonchev–Trinajstić information content (AvgIpc) is 2.87. The Morgan fingerprint density at radius 1 is 1.28 bits per heavy atom. The van der Waals surface area contributed by atoms with Gasteiger partial charge in [-0.05, 0) is 6.92 Å². The van der Waals surface area contributed by atoms with Crippen molar-refractivity contribution in [3.8, 4) is 0 Å². The van der Waals surface area contributed by atoms with Crippen molar-refractivity contribution in [3.05, 3.63) is 27.9 Å². The molecule has 0 saturated carbocycles. The van der Waals surface area contributed by atoms with Gasteiger partial charge in [-0.1, -0.05) is 20.8 Å². The third-order valence-corrected chi connectivity index (χ3v) is 4.31. The highest BCUT2D eigenvalue weighted by molar-refractivity contribution is 7.97. The van der Waals surface area contributed by atoms with E-state index in [9.17, 15) is 0 Å². The van der Waals surface area contributed by atoms with Gasteiger partial charge in [0.05, 0.1) is 10.8 Å². The summed E-state index contributed by atoms with van der Waals surface area (Å²) in [4.78, 5) is 5.52. The van der Waals surface area contributed by atoms with Crippen LogP contribution in [0.1, 0.15) is 42.4 Å². The standard InChI is InChI=1S/C12H17N3OS2/c1-8-13-5-9(18-8)6-17-7-10-14-15-11(16-10)12(2,3)4/h5H,6-7H2,1-4H3. The Bertz CT molecular complexity index is 513. The van der Waals surface area contributed by atoms with Gasteiger partial charge in [0, 0.05) is 22.2 Å². The maximum Gasteiger partial charge on any atom is 0.226 e. The van der Waals surface area contributed by atoms with Gasteiger partial charge in [0.1, 0.15) is 0 Å². The first kappa shape index (κ1) is 13.5. The predicted octanol–water partition coefficient (Wildman–Crippen LogP) is 3.57. The maximum atomic E-state index is 5.64. The minimum absolute atomic E-state index is 0.0787. The number of thiazole rings is 1. The summed E-state index contributed by atoms with van der Waals surface area (Å²) in [6.45, 7) is 8.22. The van der Waals surface area contributed by atoms with Crippen molar-refractivity contribution in [1.82, 2.24) is 15.2 Å². The van der Waals surface area contributed by atoms with Crippen molar-refractivity contribution in [3.63, 3.8) is 0 Å². The normalized spacial score (nSPS) is 12.0. The van der Waals surface area contributed by atoms with Crippen molar-refractivity contribution in [2.24, 2.45) is 0 Å². The summed E-state index contributed by atoms with van der Waals surface area (Å²) in [5.74, 6) is 3.09. The van der Waals surface area contributed by atoms with E-state index in [1.54, 1.807) is 23.1 Å². The first-order chi connectivity index (χ1) is 8.45. The Hall–Kier alpha value is -0.880. The summed E-state index contributed by atoms with van der Waals surface area (Å²) in [6.07, 6.45) is 1.93. The lowest BCUT2D eigenvalue weighted by atomic mass is 9.97. The highest BCUT2D eigenvalue weighted by Gasteiger charge is 2.21. The van der Waals surface area contributed by atoms with Crippen molar-refractivity contribution in [2.75, 3.05) is 0 Å². The van der Waals surface area contributed by atoms with E-state index in [1.807, 2.05) is 13.1 Å². The molecule has 6 heteroatoms. The first-order valence-corrected chi connectivity index (χ1v) is 7.74. The molecule has 0 bridgehead atoms. The molecule has 0 amide bonds. The number of thioether (sulfide) groups is 1. The largest absolute Gasteiger partial charge is 0.424 e. The summed E-state index contributed by atoms with van der Waals surface area (Å²) >= 11 is 3.50. The van der Waals surface area contributed by atoms with Crippen LogP contribution in [0.4, 0.5) is 0 Å². The van der Waals surface area contributed by atoms with Crippen LogP contribution in [0, 0.1) is 6.92 Å². The molecule has 0 aliphatic heterocycles. The first-order valence-electron chi connectivity index (χ1n) is 5.77.